The molecule has 3 atom stereocenters. The van der Waals surface area contributed by atoms with Crippen molar-refractivity contribution in [2.24, 2.45) is 17.7 Å². The second-order valence-electron chi connectivity index (χ2n) is 5.96. The molecule has 1 aromatic heterocycles. The monoisotopic (exact) mass is 276 g/mol. The average Bonchev–Trinajstić information content (AvgIpc) is 2.42. The number of amides is 1. The molecule has 2 rings (SSSR count). The normalized spacial score (nSPS) is 26.1. The number of anilines is 1. The van der Waals surface area contributed by atoms with Crippen LogP contribution in [-0.2, 0) is 0 Å². The molecule has 1 aliphatic carbocycles. The Kier molecular flexibility index (Phi) is 4.60. The lowest BCUT2D eigenvalue weighted by molar-refractivity contribution is 0.0910. The number of nitrogens with zero attached hydrogens (tertiary/aromatic N) is 1. The molecular formula is C15H24N4O. The minimum atomic E-state index is -0.0428. The van der Waals surface area contributed by atoms with Gasteiger partial charge in [-0.25, -0.2) is 10.8 Å². The Balaban J connectivity index is 2.03. The van der Waals surface area contributed by atoms with E-state index in [1.807, 2.05) is 6.92 Å². The molecule has 0 bridgehead atoms. The summed E-state index contributed by atoms with van der Waals surface area (Å²) in [6, 6.07) is 3.74. The molecule has 110 valence electrons. The van der Waals surface area contributed by atoms with E-state index in [2.05, 4.69) is 29.6 Å². The van der Waals surface area contributed by atoms with Crippen molar-refractivity contribution in [3.05, 3.63) is 23.4 Å². The van der Waals surface area contributed by atoms with Gasteiger partial charge in [-0.3, -0.25) is 4.79 Å². The molecule has 1 aliphatic rings. The molecule has 20 heavy (non-hydrogen) atoms. The van der Waals surface area contributed by atoms with E-state index in [1.165, 1.54) is 6.42 Å². The predicted octanol–water partition coefficient (Wildman–Crippen LogP) is 2.23. The van der Waals surface area contributed by atoms with Crippen molar-refractivity contribution in [3.63, 3.8) is 0 Å². The van der Waals surface area contributed by atoms with E-state index < -0.39 is 0 Å². The zero-order chi connectivity index (χ0) is 14.7. The number of aromatic nitrogens is 1. The first-order valence-electron chi connectivity index (χ1n) is 7.25. The molecule has 1 aromatic rings. The number of aryl methyl sites for hydroxylation is 1. The number of carbonyl (C=O) groups is 1. The predicted molar refractivity (Wildman–Crippen MR) is 80.2 cm³/mol. The summed E-state index contributed by atoms with van der Waals surface area (Å²) in [7, 11) is 0. The maximum atomic E-state index is 12.3. The number of nitrogens with two attached hydrogens (primary N) is 1. The highest BCUT2D eigenvalue weighted by molar-refractivity contribution is 5.95. The van der Waals surface area contributed by atoms with Crippen LogP contribution in [0.15, 0.2) is 12.1 Å². The van der Waals surface area contributed by atoms with E-state index in [0.717, 1.165) is 24.5 Å². The molecule has 0 aliphatic heterocycles. The fraction of sp³-hybridized carbons (Fsp3) is 0.600. The number of pyridine rings is 1. The summed E-state index contributed by atoms with van der Waals surface area (Å²) in [4.78, 5) is 16.5. The molecule has 5 nitrogen and oxygen atoms in total. The van der Waals surface area contributed by atoms with Gasteiger partial charge < -0.3 is 10.7 Å². The molecule has 1 heterocycles. The molecule has 1 amide bonds. The highest BCUT2D eigenvalue weighted by atomic mass is 16.1. The Bertz CT molecular complexity index is 489. The van der Waals surface area contributed by atoms with Crippen molar-refractivity contribution in [2.75, 3.05) is 5.43 Å². The summed E-state index contributed by atoms with van der Waals surface area (Å²) in [5, 5.41) is 3.13. The molecule has 1 saturated carbocycles. The van der Waals surface area contributed by atoms with Crippen molar-refractivity contribution >= 4 is 11.7 Å². The van der Waals surface area contributed by atoms with Gasteiger partial charge in [0.25, 0.3) is 5.91 Å². The zero-order valence-corrected chi connectivity index (χ0v) is 12.4. The lowest BCUT2D eigenvalue weighted by Gasteiger charge is -2.32. The fourth-order valence-corrected chi connectivity index (χ4v) is 2.82. The quantitative estimate of drug-likeness (QED) is 0.584. The molecule has 0 aromatic carbocycles. The second kappa shape index (κ2) is 6.22. The maximum absolute atomic E-state index is 12.3. The van der Waals surface area contributed by atoms with Crippen molar-refractivity contribution < 1.29 is 4.79 Å². The van der Waals surface area contributed by atoms with Gasteiger partial charge in [0.2, 0.25) is 0 Å². The van der Waals surface area contributed by atoms with Crippen LogP contribution in [-0.4, -0.2) is 16.9 Å². The lowest BCUT2D eigenvalue weighted by atomic mass is 9.79. The van der Waals surface area contributed by atoms with E-state index >= 15 is 0 Å². The van der Waals surface area contributed by atoms with Gasteiger partial charge in [-0.1, -0.05) is 13.8 Å². The van der Waals surface area contributed by atoms with Crippen LogP contribution in [0.5, 0.6) is 0 Å². The van der Waals surface area contributed by atoms with Gasteiger partial charge in [-0.2, -0.15) is 0 Å². The Morgan fingerprint density at radius 2 is 2.05 bits per heavy atom. The van der Waals surface area contributed by atoms with Crippen molar-refractivity contribution in [2.45, 2.75) is 46.1 Å². The van der Waals surface area contributed by atoms with Crippen LogP contribution < -0.4 is 16.6 Å². The number of carbonyl (C=O) groups excluding carboxylic acids is 1. The van der Waals surface area contributed by atoms with Gasteiger partial charge in [-0.05, 0) is 50.2 Å². The summed E-state index contributed by atoms with van der Waals surface area (Å²) >= 11 is 0. The smallest absolute Gasteiger partial charge is 0.251 e. The number of hydrogen-bond donors (Lipinski definition) is 3. The van der Waals surface area contributed by atoms with E-state index in [4.69, 9.17) is 5.84 Å². The largest absolute Gasteiger partial charge is 0.349 e. The fourth-order valence-electron chi connectivity index (χ4n) is 2.82. The van der Waals surface area contributed by atoms with Gasteiger partial charge in [0, 0.05) is 17.3 Å². The van der Waals surface area contributed by atoms with Crippen molar-refractivity contribution in [1.82, 2.24) is 10.3 Å². The number of nitrogens with one attached hydrogen (secondary N) is 2. The topological polar surface area (TPSA) is 80.0 Å². The van der Waals surface area contributed by atoms with Gasteiger partial charge >= 0.3 is 0 Å². The molecule has 0 saturated heterocycles. The number of hydrogen-bond acceptors (Lipinski definition) is 4. The summed E-state index contributed by atoms with van der Waals surface area (Å²) in [5.74, 6) is 7.24. The Hall–Kier alpha value is -1.62. The highest BCUT2D eigenvalue weighted by Crippen LogP contribution is 2.29. The molecule has 5 heteroatoms. The Morgan fingerprint density at radius 3 is 2.70 bits per heavy atom. The number of hydrazine groups is 1. The van der Waals surface area contributed by atoms with Crippen LogP contribution >= 0.6 is 0 Å². The zero-order valence-electron chi connectivity index (χ0n) is 12.4. The van der Waals surface area contributed by atoms with Crippen LogP contribution in [0, 0.1) is 18.8 Å². The van der Waals surface area contributed by atoms with Crippen LogP contribution in [0.25, 0.3) is 0 Å². The molecule has 1 fully saturated rings. The molecule has 0 radical (unpaired) electrons. The summed E-state index contributed by atoms with van der Waals surface area (Å²) in [6.45, 7) is 6.39. The van der Waals surface area contributed by atoms with Gasteiger partial charge in [-0.15, -0.1) is 0 Å². The third-order valence-electron chi connectivity index (χ3n) is 4.30. The van der Waals surface area contributed by atoms with Crippen LogP contribution in [0.4, 0.5) is 5.82 Å². The van der Waals surface area contributed by atoms with Crippen molar-refractivity contribution in [3.8, 4) is 0 Å². The van der Waals surface area contributed by atoms with E-state index in [0.29, 0.717) is 17.3 Å². The lowest BCUT2D eigenvalue weighted by Crippen LogP contribution is -2.39. The third-order valence-corrected chi connectivity index (χ3v) is 4.30. The average molecular weight is 276 g/mol. The van der Waals surface area contributed by atoms with E-state index in [-0.39, 0.29) is 11.9 Å². The van der Waals surface area contributed by atoms with Crippen LogP contribution in [0.2, 0.25) is 0 Å². The number of nitrogen functional groups attached to an aromatic ring is 1. The SMILES string of the molecule is Cc1cc(C(=O)NC2CCC(C)C(C)C2)cc(NN)n1. The standard InChI is InChI=1S/C15H24N4O/c1-9-4-5-13(6-10(9)2)18-15(20)12-7-11(3)17-14(8-12)19-16/h7-10,13H,4-6,16H2,1-3H3,(H,17,19)(H,18,20). The molecule has 4 N–H and O–H groups in total. The molecular weight excluding hydrogens is 252 g/mol. The minimum absolute atomic E-state index is 0.0428. The third kappa shape index (κ3) is 3.48. The summed E-state index contributed by atoms with van der Waals surface area (Å²) in [5.41, 5.74) is 3.87. The number of rotatable bonds is 3. The first kappa shape index (κ1) is 14.8. The van der Waals surface area contributed by atoms with Gasteiger partial charge in [0.15, 0.2) is 0 Å². The summed E-state index contributed by atoms with van der Waals surface area (Å²) in [6.07, 6.45) is 3.29. The Morgan fingerprint density at radius 1 is 1.30 bits per heavy atom. The second-order valence-corrected chi connectivity index (χ2v) is 5.96. The van der Waals surface area contributed by atoms with Crippen LogP contribution in [0.3, 0.4) is 0 Å². The minimum Gasteiger partial charge on any atom is -0.349 e. The van der Waals surface area contributed by atoms with Gasteiger partial charge in [0.05, 0.1) is 0 Å². The van der Waals surface area contributed by atoms with E-state index in [9.17, 15) is 4.79 Å². The first-order valence-corrected chi connectivity index (χ1v) is 7.25. The molecule has 3 unspecified atom stereocenters. The maximum Gasteiger partial charge on any atom is 0.251 e. The van der Waals surface area contributed by atoms with Crippen molar-refractivity contribution in [1.29, 1.82) is 0 Å². The summed E-state index contributed by atoms with van der Waals surface area (Å²) < 4.78 is 0. The van der Waals surface area contributed by atoms with Crippen LogP contribution in [0.1, 0.15) is 49.2 Å². The Labute approximate surface area is 120 Å². The van der Waals surface area contributed by atoms with E-state index in [1.54, 1.807) is 12.1 Å². The highest BCUT2D eigenvalue weighted by Gasteiger charge is 2.25. The molecule has 0 spiro atoms. The first-order chi connectivity index (χ1) is 9.49. The van der Waals surface area contributed by atoms with Gasteiger partial charge in [0.1, 0.15) is 5.82 Å².